The van der Waals surface area contributed by atoms with Crippen LogP contribution in [0.1, 0.15) is 23.7 Å². The van der Waals surface area contributed by atoms with Crippen LogP contribution in [0.3, 0.4) is 0 Å². The first-order chi connectivity index (χ1) is 11.7. The summed E-state index contributed by atoms with van der Waals surface area (Å²) in [4.78, 5) is 10.6. The fraction of sp³-hybridized carbons (Fsp3) is 0.500. The number of hydrogen-bond donors (Lipinski definition) is 0. The maximum atomic E-state index is 12.5. The average Bonchev–Trinajstić information content (AvgIpc) is 3.13. The zero-order valence-electron chi connectivity index (χ0n) is 12.0. The van der Waals surface area contributed by atoms with Crippen molar-refractivity contribution in [2.45, 2.75) is 24.2 Å². The van der Waals surface area contributed by atoms with Gasteiger partial charge in [0.15, 0.2) is 11.1 Å². The van der Waals surface area contributed by atoms with Gasteiger partial charge in [-0.3, -0.25) is 14.7 Å². The molecule has 13 heteroatoms. The third kappa shape index (κ3) is 2.02. The van der Waals surface area contributed by atoms with Crippen molar-refractivity contribution in [1.82, 2.24) is 5.16 Å². The Morgan fingerprint density at radius 3 is 2.88 bits per heavy atom. The number of allylic oxidation sites excluding steroid dienone is 2. The minimum Gasteiger partial charge on any atom is -0.359 e. The maximum absolute atomic E-state index is 12.5. The molecule has 9 nitrogen and oxygen atoms in total. The predicted octanol–water partition coefficient (Wildman–Crippen LogP) is 1.17. The molecule has 0 amide bonds. The molecule has 0 radical (unpaired) electrons. The second kappa shape index (κ2) is 4.88. The SMILES string of the molecule is O=[N+]([O-])C12C=C(S(=O)OC(F)(F)F)C(c3c1no[n+]3[O-])[C@H]1CC=C[C@H]12. The normalized spacial score (nSPS) is 33.7. The molecule has 3 unspecified atom stereocenters. The highest BCUT2D eigenvalue weighted by molar-refractivity contribution is 7.84. The van der Waals surface area contributed by atoms with E-state index in [1.54, 1.807) is 12.2 Å². The lowest BCUT2D eigenvalue weighted by Gasteiger charge is -2.42. The van der Waals surface area contributed by atoms with Crippen LogP contribution in [0.5, 0.6) is 0 Å². The monoisotopic (exact) mass is 379 g/mol. The summed E-state index contributed by atoms with van der Waals surface area (Å²) < 4.78 is 57.4. The van der Waals surface area contributed by atoms with Gasteiger partial charge in [0.05, 0.1) is 16.7 Å². The van der Waals surface area contributed by atoms with E-state index in [2.05, 4.69) is 14.0 Å². The van der Waals surface area contributed by atoms with E-state index in [1.807, 2.05) is 0 Å². The van der Waals surface area contributed by atoms with Crippen molar-refractivity contribution in [2.75, 3.05) is 0 Å². The van der Waals surface area contributed by atoms with Crippen molar-refractivity contribution in [3.8, 4) is 0 Å². The topological polar surface area (TPSA) is 122 Å². The van der Waals surface area contributed by atoms with Crippen LogP contribution in [-0.4, -0.2) is 20.7 Å². The summed E-state index contributed by atoms with van der Waals surface area (Å²) in [5, 5.41) is 27.2. The quantitative estimate of drug-likeness (QED) is 0.334. The molecule has 1 heterocycles. The van der Waals surface area contributed by atoms with Gasteiger partial charge in [-0.05, 0) is 17.2 Å². The summed E-state index contributed by atoms with van der Waals surface area (Å²) in [6.45, 7) is 0. The number of hydrogen-bond acceptors (Lipinski definition) is 7. The standard InChI is InChI=1S/C12H8F3N3O6S/c13-12(14,15)23-25(22)7-4-11(18(20)21)6-3-1-2-5(6)8(7)9-10(11)16-24-17(9)19/h1,3-6,8H,2H2/t5-,6+,8?,11?,25?/m0/s1. The first-order valence-corrected chi connectivity index (χ1v) is 8.06. The lowest BCUT2D eigenvalue weighted by atomic mass is 9.60. The van der Waals surface area contributed by atoms with Crippen molar-refractivity contribution in [1.29, 1.82) is 0 Å². The van der Waals surface area contributed by atoms with Crippen LogP contribution in [0.4, 0.5) is 13.2 Å². The van der Waals surface area contributed by atoms with Crippen molar-refractivity contribution in [3.05, 3.63) is 49.8 Å². The zero-order chi connectivity index (χ0) is 18.1. The molecule has 1 aromatic rings. The molecule has 1 aromatic heterocycles. The molecule has 2 bridgehead atoms. The molecule has 4 aliphatic carbocycles. The number of nitro groups is 1. The minimum atomic E-state index is -5.21. The highest BCUT2D eigenvalue weighted by Crippen LogP contribution is 2.61. The van der Waals surface area contributed by atoms with Gasteiger partial charge in [0.25, 0.3) is 0 Å². The Labute approximate surface area is 139 Å². The first kappa shape index (κ1) is 16.2. The third-order valence-electron chi connectivity index (χ3n) is 4.80. The summed E-state index contributed by atoms with van der Waals surface area (Å²) in [5.74, 6) is -2.43. The van der Waals surface area contributed by atoms with Crippen LogP contribution < -0.4 is 4.90 Å². The smallest absolute Gasteiger partial charge is 0.359 e. The fourth-order valence-corrected chi connectivity index (χ4v) is 5.04. The van der Waals surface area contributed by atoms with Gasteiger partial charge in [-0.15, -0.1) is 13.2 Å². The molecule has 5 atom stereocenters. The van der Waals surface area contributed by atoms with Crippen molar-refractivity contribution in [2.24, 2.45) is 11.8 Å². The van der Waals surface area contributed by atoms with Crippen molar-refractivity contribution >= 4 is 11.1 Å². The summed E-state index contributed by atoms with van der Waals surface area (Å²) in [7, 11) is 0. The van der Waals surface area contributed by atoms with E-state index in [1.165, 1.54) is 0 Å². The molecule has 0 fully saturated rings. The van der Waals surface area contributed by atoms with Gasteiger partial charge in [0, 0.05) is 16.2 Å². The van der Waals surface area contributed by atoms with Gasteiger partial charge in [0.1, 0.15) is 0 Å². The number of aromatic nitrogens is 2. The second-order valence-electron chi connectivity index (χ2n) is 5.89. The summed E-state index contributed by atoms with van der Waals surface area (Å²) >= 11 is -3.04. The molecule has 0 spiro atoms. The van der Waals surface area contributed by atoms with E-state index in [0.717, 1.165) is 6.08 Å². The summed E-state index contributed by atoms with van der Waals surface area (Å²) in [6.07, 6.45) is -0.864. The van der Waals surface area contributed by atoms with E-state index in [4.69, 9.17) is 0 Å². The second-order valence-corrected chi connectivity index (χ2v) is 7.00. The number of halogens is 3. The van der Waals surface area contributed by atoms with Gasteiger partial charge in [0.2, 0.25) is 5.69 Å². The van der Waals surface area contributed by atoms with E-state index in [0.29, 0.717) is 0 Å². The Balaban J connectivity index is 1.94. The number of alkyl halides is 3. The molecule has 0 aromatic carbocycles. The highest BCUT2D eigenvalue weighted by Gasteiger charge is 2.71. The van der Waals surface area contributed by atoms with Crippen molar-refractivity contribution in [3.63, 3.8) is 0 Å². The molecule has 25 heavy (non-hydrogen) atoms. The van der Waals surface area contributed by atoms with E-state index < -0.39 is 50.6 Å². The fourth-order valence-electron chi connectivity index (χ4n) is 4.01. The summed E-state index contributed by atoms with van der Waals surface area (Å²) in [6, 6.07) is 0. The highest BCUT2D eigenvalue weighted by atomic mass is 32.2. The van der Waals surface area contributed by atoms with E-state index >= 15 is 0 Å². The van der Waals surface area contributed by atoms with Crippen LogP contribution in [0.15, 0.2) is 27.8 Å². The van der Waals surface area contributed by atoms with Gasteiger partial charge in [-0.2, -0.15) is 4.18 Å². The summed E-state index contributed by atoms with van der Waals surface area (Å²) in [5.41, 5.74) is -2.70. The van der Waals surface area contributed by atoms with Crippen LogP contribution in [-0.2, 0) is 20.8 Å². The molecule has 0 saturated carbocycles. The third-order valence-corrected chi connectivity index (χ3v) is 5.90. The van der Waals surface area contributed by atoms with Crippen LogP contribution in [0.2, 0.25) is 0 Å². The predicted molar refractivity (Wildman–Crippen MR) is 71.0 cm³/mol. The molecular weight excluding hydrogens is 371 g/mol. The van der Waals surface area contributed by atoms with Gasteiger partial charge in [-0.25, -0.2) is 4.21 Å². The van der Waals surface area contributed by atoms with E-state index in [9.17, 15) is 32.7 Å². The lowest BCUT2D eigenvalue weighted by molar-refractivity contribution is -0.809. The Hall–Kier alpha value is -2.28. The Bertz CT molecular complexity index is 865. The Morgan fingerprint density at radius 1 is 1.52 bits per heavy atom. The minimum absolute atomic E-state index is 0.0788. The molecule has 0 N–H and O–H groups in total. The molecule has 0 saturated heterocycles. The van der Waals surface area contributed by atoms with Crippen LogP contribution in [0.25, 0.3) is 0 Å². The van der Waals surface area contributed by atoms with Gasteiger partial charge >= 0.3 is 17.6 Å². The average molecular weight is 379 g/mol. The van der Waals surface area contributed by atoms with Gasteiger partial charge < -0.3 is 5.21 Å². The van der Waals surface area contributed by atoms with E-state index in [-0.39, 0.29) is 22.7 Å². The molecule has 4 aliphatic rings. The van der Waals surface area contributed by atoms with Crippen molar-refractivity contribution < 1.29 is 36.0 Å². The molecule has 134 valence electrons. The lowest BCUT2D eigenvalue weighted by Crippen LogP contribution is -2.55. The Morgan fingerprint density at radius 2 is 2.24 bits per heavy atom. The largest absolute Gasteiger partial charge is 0.535 e. The Kier molecular flexibility index (Phi) is 3.16. The number of nitrogens with zero attached hydrogens (tertiary/aromatic N) is 3. The van der Waals surface area contributed by atoms with Crippen LogP contribution >= 0.6 is 0 Å². The number of rotatable bonds is 3. The first-order valence-electron chi connectivity index (χ1n) is 6.99. The van der Waals surface area contributed by atoms with Gasteiger partial charge in [-0.1, -0.05) is 12.2 Å². The maximum Gasteiger partial charge on any atom is 0.535 e. The van der Waals surface area contributed by atoms with Crippen LogP contribution in [0, 0.1) is 27.2 Å². The molecular formula is C12H8F3N3O6S. The zero-order valence-corrected chi connectivity index (χ0v) is 12.8. The molecule has 5 rings (SSSR count). The molecule has 0 aliphatic heterocycles.